The summed E-state index contributed by atoms with van der Waals surface area (Å²) < 4.78 is 9.86. The fourth-order valence-corrected chi connectivity index (χ4v) is 1.31. The summed E-state index contributed by atoms with van der Waals surface area (Å²) in [6.07, 6.45) is 1.08. The van der Waals surface area contributed by atoms with Crippen molar-refractivity contribution >= 4 is 17.3 Å². The van der Waals surface area contributed by atoms with Crippen LogP contribution in [0.2, 0.25) is 0 Å². The van der Waals surface area contributed by atoms with Crippen molar-refractivity contribution in [3.8, 4) is 11.5 Å². The van der Waals surface area contributed by atoms with Crippen molar-refractivity contribution in [3.63, 3.8) is 0 Å². The molecule has 0 bridgehead atoms. The third-order valence-corrected chi connectivity index (χ3v) is 2.14. The minimum absolute atomic E-state index is 0.0279. The maximum absolute atomic E-state index is 11.2. The number of amides is 1. The first kappa shape index (κ1) is 13.5. The Morgan fingerprint density at radius 3 is 2.44 bits per heavy atom. The van der Waals surface area contributed by atoms with Gasteiger partial charge in [-0.15, -0.1) is 0 Å². The number of nitro benzene ring substituents is 1. The van der Waals surface area contributed by atoms with Gasteiger partial charge in [0.2, 0.25) is 5.91 Å². The highest BCUT2D eigenvalue weighted by Crippen LogP contribution is 2.37. The van der Waals surface area contributed by atoms with Gasteiger partial charge in [-0.3, -0.25) is 14.9 Å². The molecule has 96 valence electrons. The first-order chi connectivity index (χ1) is 8.53. The normalized spacial score (nSPS) is 9.44. The summed E-state index contributed by atoms with van der Waals surface area (Å²) in [5.74, 6) is -0.262. The summed E-state index contributed by atoms with van der Waals surface area (Å²) in [4.78, 5) is 21.4. The molecule has 7 heteroatoms. The Kier molecular flexibility index (Phi) is 4.25. The van der Waals surface area contributed by atoms with Crippen LogP contribution >= 0.6 is 0 Å². The molecule has 0 fully saturated rings. The lowest BCUT2D eigenvalue weighted by Crippen LogP contribution is -2.09. The molecule has 0 heterocycles. The van der Waals surface area contributed by atoms with E-state index in [4.69, 9.17) is 9.47 Å². The van der Waals surface area contributed by atoms with Gasteiger partial charge in [0, 0.05) is 6.07 Å². The van der Waals surface area contributed by atoms with Gasteiger partial charge in [0.05, 0.1) is 30.9 Å². The van der Waals surface area contributed by atoms with Crippen molar-refractivity contribution in [2.24, 2.45) is 0 Å². The predicted octanol–water partition coefficient (Wildman–Crippen LogP) is 1.74. The monoisotopic (exact) mass is 252 g/mol. The van der Waals surface area contributed by atoms with Crippen molar-refractivity contribution in [2.75, 3.05) is 19.5 Å². The fraction of sp³-hybridized carbons (Fsp3) is 0.182. The second-order valence-electron chi connectivity index (χ2n) is 3.17. The molecular weight excluding hydrogens is 240 g/mol. The Morgan fingerprint density at radius 1 is 1.39 bits per heavy atom. The van der Waals surface area contributed by atoms with Crippen molar-refractivity contribution in [3.05, 3.63) is 34.9 Å². The van der Waals surface area contributed by atoms with Crippen LogP contribution in [0.5, 0.6) is 11.5 Å². The van der Waals surface area contributed by atoms with Gasteiger partial charge in [-0.2, -0.15) is 0 Å². The van der Waals surface area contributed by atoms with Crippen LogP contribution in [0.4, 0.5) is 11.4 Å². The molecule has 0 unspecified atom stereocenters. The Morgan fingerprint density at radius 2 is 2.00 bits per heavy atom. The highest BCUT2D eigenvalue weighted by Gasteiger charge is 2.20. The van der Waals surface area contributed by atoms with Crippen LogP contribution in [0.25, 0.3) is 0 Å². The first-order valence-electron chi connectivity index (χ1n) is 4.87. The van der Waals surface area contributed by atoms with E-state index in [1.807, 2.05) is 0 Å². The number of hydrogen-bond donors (Lipinski definition) is 1. The van der Waals surface area contributed by atoms with Crippen LogP contribution in [0.1, 0.15) is 0 Å². The molecule has 0 atom stereocenters. The molecule has 0 radical (unpaired) electrons. The molecule has 1 aromatic rings. The lowest BCUT2D eigenvalue weighted by molar-refractivity contribution is -0.385. The van der Waals surface area contributed by atoms with Gasteiger partial charge in [-0.05, 0) is 6.08 Å². The minimum atomic E-state index is -0.597. The van der Waals surface area contributed by atoms with E-state index in [1.54, 1.807) is 0 Å². The van der Waals surface area contributed by atoms with Crippen LogP contribution in [-0.2, 0) is 4.79 Å². The summed E-state index contributed by atoms with van der Waals surface area (Å²) in [7, 11) is 2.64. The molecule has 0 spiro atoms. The number of nitrogens with zero attached hydrogens (tertiary/aromatic N) is 1. The van der Waals surface area contributed by atoms with Gasteiger partial charge < -0.3 is 14.8 Å². The molecule has 0 aliphatic carbocycles. The van der Waals surface area contributed by atoms with E-state index in [0.717, 1.165) is 6.08 Å². The number of carbonyl (C=O) groups excluding carboxylic acids is 1. The predicted molar refractivity (Wildman–Crippen MR) is 65.0 cm³/mol. The molecule has 0 aliphatic heterocycles. The average Bonchev–Trinajstić information content (AvgIpc) is 2.37. The van der Waals surface area contributed by atoms with Gasteiger partial charge in [-0.1, -0.05) is 6.58 Å². The van der Waals surface area contributed by atoms with Crippen LogP contribution in [0.3, 0.4) is 0 Å². The van der Waals surface area contributed by atoms with Gasteiger partial charge in [0.1, 0.15) is 5.75 Å². The zero-order valence-electron chi connectivity index (χ0n) is 9.93. The maximum Gasteiger partial charge on any atom is 0.314 e. The molecule has 0 aliphatic rings. The fourth-order valence-electron chi connectivity index (χ4n) is 1.31. The summed E-state index contributed by atoms with van der Waals surface area (Å²) in [5, 5.41) is 13.3. The van der Waals surface area contributed by atoms with Crippen LogP contribution < -0.4 is 14.8 Å². The highest BCUT2D eigenvalue weighted by molar-refractivity contribution is 6.00. The largest absolute Gasteiger partial charge is 0.494 e. The Labute approximate surface area is 103 Å². The van der Waals surface area contributed by atoms with E-state index >= 15 is 0 Å². The third kappa shape index (κ3) is 2.76. The average molecular weight is 252 g/mol. The summed E-state index contributed by atoms with van der Waals surface area (Å²) in [6.45, 7) is 3.31. The lowest BCUT2D eigenvalue weighted by atomic mass is 10.2. The molecule has 18 heavy (non-hydrogen) atoms. The zero-order chi connectivity index (χ0) is 13.7. The van der Waals surface area contributed by atoms with E-state index in [1.165, 1.54) is 26.4 Å². The molecule has 0 aromatic heterocycles. The Hall–Kier alpha value is -2.57. The zero-order valence-corrected chi connectivity index (χ0v) is 9.93. The van der Waals surface area contributed by atoms with E-state index in [2.05, 4.69) is 11.9 Å². The second-order valence-corrected chi connectivity index (χ2v) is 3.17. The summed E-state index contributed by atoms with van der Waals surface area (Å²) in [6, 6.07) is 2.50. The summed E-state index contributed by atoms with van der Waals surface area (Å²) in [5.41, 5.74) is 0.0239. The summed E-state index contributed by atoms with van der Waals surface area (Å²) >= 11 is 0. The van der Waals surface area contributed by atoms with Crippen LogP contribution in [-0.4, -0.2) is 25.1 Å². The highest BCUT2D eigenvalue weighted by atomic mass is 16.6. The van der Waals surface area contributed by atoms with Crippen molar-refractivity contribution in [1.29, 1.82) is 0 Å². The molecule has 0 saturated heterocycles. The molecule has 1 aromatic carbocycles. The molecule has 1 rings (SSSR count). The van der Waals surface area contributed by atoms with E-state index in [-0.39, 0.29) is 22.9 Å². The van der Waals surface area contributed by atoms with Crippen molar-refractivity contribution in [2.45, 2.75) is 0 Å². The number of methoxy groups -OCH3 is 2. The minimum Gasteiger partial charge on any atom is -0.494 e. The first-order valence-corrected chi connectivity index (χ1v) is 4.87. The van der Waals surface area contributed by atoms with Crippen molar-refractivity contribution in [1.82, 2.24) is 0 Å². The Bertz CT molecular complexity index is 498. The van der Waals surface area contributed by atoms with Crippen LogP contribution in [0, 0.1) is 10.1 Å². The molecule has 7 nitrogen and oxygen atoms in total. The number of benzene rings is 1. The lowest BCUT2D eigenvalue weighted by Gasteiger charge is -2.11. The molecule has 0 saturated carbocycles. The Balaban J connectivity index is 3.30. The van der Waals surface area contributed by atoms with Gasteiger partial charge in [0.15, 0.2) is 5.75 Å². The number of ether oxygens (including phenoxy) is 2. The molecular formula is C11H12N2O5. The maximum atomic E-state index is 11.2. The van der Waals surface area contributed by atoms with E-state index in [0.29, 0.717) is 0 Å². The van der Waals surface area contributed by atoms with E-state index in [9.17, 15) is 14.9 Å². The third-order valence-electron chi connectivity index (χ3n) is 2.14. The SMILES string of the molecule is C=CC(=O)Nc1cc(OC)c([N+](=O)[O-])cc1OC. The van der Waals surface area contributed by atoms with Gasteiger partial charge in [0.25, 0.3) is 0 Å². The molecule has 1 amide bonds. The smallest absolute Gasteiger partial charge is 0.314 e. The quantitative estimate of drug-likeness (QED) is 0.489. The number of hydrogen-bond acceptors (Lipinski definition) is 5. The number of rotatable bonds is 5. The number of nitro groups is 1. The number of carbonyl (C=O) groups is 1. The van der Waals surface area contributed by atoms with Gasteiger partial charge >= 0.3 is 5.69 Å². The number of nitrogens with one attached hydrogen (secondary N) is 1. The molecule has 1 N–H and O–H groups in total. The van der Waals surface area contributed by atoms with Gasteiger partial charge in [-0.25, -0.2) is 0 Å². The van der Waals surface area contributed by atoms with Crippen LogP contribution in [0.15, 0.2) is 24.8 Å². The standard InChI is InChI=1S/C11H12N2O5/c1-4-11(14)12-7-5-10(18-3)8(13(15)16)6-9(7)17-2/h4-6H,1H2,2-3H3,(H,12,14). The number of anilines is 1. The van der Waals surface area contributed by atoms with E-state index < -0.39 is 10.8 Å². The topological polar surface area (TPSA) is 90.7 Å². The second kappa shape index (κ2) is 5.67. The van der Waals surface area contributed by atoms with Crippen molar-refractivity contribution < 1.29 is 19.2 Å².